The highest BCUT2D eigenvalue weighted by atomic mass is 19.1. The molecule has 0 aliphatic heterocycles. The number of ether oxygens (including phenoxy) is 1. The molecule has 0 saturated heterocycles. The highest BCUT2D eigenvalue weighted by Crippen LogP contribution is 2.12. The monoisotopic (exact) mass is 169 g/mol. The van der Waals surface area contributed by atoms with Crippen LogP contribution in [0.3, 0.4) is 0 Å². The molecule has 66 valence electrons. The van der Waals surface area contributed by atoms with Crippen LogP contribution < -0.4 is 4.90 Å². The second-order valence-corrected chi connectivity index (χ2v) is 2.60. The Morgan fingerprint density at radius 3 is 2.83 bits per heavy atom. The van der Waals surface area contributed by atoms with Crippen molar-refractivity contribution in [3.8, 4) is 0 Å². The van der Waals surface area contributed by atoms with E-state index in [-0.39, 0.29) is 5.82 Å². The van der Waals surface area contributed by atoms with E-state index in [1.54, 1.807) is 13.2 Å². The summed E-state index contributed by atoms with van der Waals surface area (Å²) in [7, 11) is 3.45. The first kappa shape index (κ1) is 9.00. The SMILES string of the molecule is COCN(C)c1cccc(F)c1. The van der Waals surface area contributed by atoms with Gasteiger partial charge in [-0.3, -0.25) is 0 Å². The number of halogens is 1. The molecule has 0 bridgehead atoms. The molecule has 0 atom stereocenters. The highest BCUT2D eigenvalue weighted by Gasteiger charge is 1.99. The van der Waals surface area contributed by atoms with Gasteiger partial charge in [0.2, 0.25) is 0 Å². The molecule has 0 aromatic heterocycles. The summed E-state index contributed by atoms with van der Waals surface area (Å²) in [6.07, 6.45) is 0. The smallest absolute Gasteiger partial charge is 0.125 e. The molecular formula is C9H12FNO. The van der Waals surface area contributed by atoms with E-state index in [0.717, 1.165) is 5.69 Å². The van der Waals surface area contributed by atoms with Crippen molar-refractivity contribution in [2.75, 3.05) is 25.8 Å². The summed E-state index contributed by atoms with van der Waals surface area (Å²) in [5, 5.41) is 0. The van der Waals surface area contributed by atoms with Crippen LogP contribution in [0, 0.1) is 5.82 Å². The Bertz CT molecular complexity index is 252. The molecule has 1 aromatic rings. The Morgan fingerprint density at radius 1 is 1.50 bits per heavy atom. The summed E-state index contributed by atoms with van der Waals surface area (Å²) < 4.78 is 17.6. The van der Waals surface area contributed by atoms with Crippen molar-refractivity contribution >= 4 is 5.69 Å². The third-order valence-electron chi connectivity index (χ3n) is 1.57. The fourth-order valence-corrected chi connectivity index (χ4v) is 0.982. The molecule has 0 fully saturated rings. The van der Waals surface area contributed by atoms with E-state index >= 15 is 0 Å². The Labute approximate surface area is 71.6 Å². The molecule has 0 aliphatic rings. The molecule has 1 rings (SSSR count). The maximum Gasteiger partial charge on any atom is 0.125 e. The lowest BCUT2D eigenvalue weighted by Crippen LogP contribution is -2.19. The first-order chi connectivity index (χ1) is 5.74. The molecule has 0 amide bonds. The van der Waals surface area contributed by atoms with Crippen LogP contribution in [-0.2, 0) is 4.74 Å². The molecule has 0 unspecified atom stereocenters. The van der Waals surface area contributed by atoms with E-state index in [1.807, 2.05) is 18.0 Å². The van der Waals surface area contributed by atoms with E-state index in [4.69, 9.17) is 4.74 Å². The summed E-state index contributed by atoms with van der Waals surface area (Å²) in [5.74, 6) is -0.226. The lowest BCUT2D eigenvalue weighted by molar-refractivity contribution is 0.202. The Balaban J connectivity index is 2.73. The summed E-state index contributed by atoms with van der Waals surface area (Å²) in [6.45, 7) is 0.462. The molecule has 2 nitrogen and oxygen atoms in total. The summed E-state index contributed by atoms with van der Waals surface area (Å²) in [5.41, 5.74) is 0.817. The molecular weight excluding hydrogens is 157 g/mol. The molecule has 0 N–H and O–H groups in total. The summed E-state index contributed by atoms with van der Waals surface area (Å²) in [4.78, 5) is 1.82. The largest absolute Gasteiger partial charge is 0.364 e. The number of benzene rings is 1. The molecule has 3 heteroatoms. The van der Waals surface area contributed by atoms with Gasteiger partial charge in [0, 0.05) is 19.8 Å². The Kier molecular flexibility index (Phi) is 3.05. The first-order valence-electron chi connectivity index (χ1n) is 3.69. The number of hydrogen-bond donors (Lipinski definition) is 0. The third kappa shape index (κ3) is 2.20. The van der Waals surface area contributed by atoms with Gasteiger partial charge in [-0.2, -0.15) is 0 Å². The van der Waals surface area contributed by atoms with Gasteiger partial charge in [-0.25, -0.2) is 4.39 Å². The molecule has 12 heavy (non-hydrogen) atoms. The van der Waals surface area contributed by atoms with Crippen LogP contribution in [-0.4, -0.2) is 20.9 Å². The van der Waals surface area contributed by atoms with Gasteiger partial charge in [0.15, 0.2) is 0 Å². The molecule has 0 saturated carbocycles. The zero-order valence-corrected chi connectivity index (χ0v) is 7.25. The van der Waals surface area contributed by atoms with Crippen molar-refractivity contribution in [2.45, 2.75) is 0 Å². The molecule has 0 aliphatic carbocycles. The van der Waals surface area contributed by atoms with E-state index in [0.29, 0.717) is 6.73 Å². The standard InChI is InChI=1S/C9H12FNO/c1-11(7-12-2)9-5-3-4-8(10)6-9/h3-6H,7H2,1-2H3. The second kappa shape index (κ2) is 4.07. The van der Waals surface area contributed by atoms with Gasteiger partial charge in [-0.1, -0.05) is 6.07 Å². The molecule has 0 heterocycles. The van der Waals surface area contributed by atoms with Crippen LogP contribution in [0.5, 0.6) is 0 Å². The van der Waals surface area contributed by atoms with E-state index in [1.165, 1.54) is 12.1 Å². The van der Waals surface area contributed by atoms with Gasteiger partial charge in [-0.15, -0.1) is 0 Å². The van der Waals surface area contributed by atoms with Crippen molar-refractivity contribution in [1.29, 1.82) is 0 Å². The predicted molar refractivity (Wildman–Crippen MR) is 46.7 cm³/mol. The van der Waals surface area contributed by atoms with Crippen LogP contribution in [0.1, 0.15) is 0 Å². The summed E-state index contributed by atoms with van der Waals surface area (Å²) >= 11 is 0. The zero-order valence-electron chi connectivity index (χ0n) is 7.25. The van der Waals surface area contributed by atoms with Crippen LogP contribution in [0.2, 0.25) is 0 Å². The predicted octanol–water partition coefficient (Wildman–Crippen LogP) is 1.87. The number of anilines is 1. The quantitative estimate of drug-likeness (QED) is 0.640. The molecule has 0 radical (unpaired) electrons. The highest BCUT2D eigenvalue weighted by molar-refractivity contribution is 5.44. The van der Waals surface area contributed by atoms with Crippen molar-refractivity contribution in [3.05, 3.63) is 30.1 Å². The number of hydrogen-bond acceptors (Lipinski definition) is 2. The first-order valence-corrected chi connectivity index (χ1v) is 3.69. The summed E-state index contributed by atoms with van der Waals surface area (Å²) in [6, 6.07) is 6.40. The van der Waals surface area contributed by atoms with Gasteiger partial charge >= 0.3 is 0 Å². The van der Waals surface area contributed by atoms with E-state index < -0.39 is 0 Å². The van der Waals surface area contributed by atoms with Crippen LogP contribution in [0.15, 0.2) is 24.3 Å². The van der Waals surface area contributed by atoms with Crippen LogP contribution in [0.4, 0.5) is 10.1 Å². The fraction of sp³-hybridized carbons (Fsp3) is 0.333. The van der Waals surface area contributed by atoms with Gasteiger partial charge in [0.05, 0.1) is 0 Å². The van der Waals surface area contributed by atoms with Gasteiger partial charge in [0.25, 0.3) is 0 Å². The second-order valence-electron chi connectivity index (χ2n) is 2.60. The van der Waals surface area contributed by atoms with Gasteiger partial charge < -0.3 is 9.64 Å². The van der Waals surface area contributed by atoms with E-state index in [9.17, 15) is 4.39 Å². The minimum Gasteiger partial charge on any atom is -0.364 e. The fourth-order valence-electron chi connectivity index (χ4n) is 0.982. The van der Waals surface area contributed by atoms with Crippen molar-refractivity contribution < 1.29 is 9.13 Å². The number of nitrogens with zero attached hydrogens (tertiary/aromatic N) is 1. The minimum absolute atomic E-state index is 0.226. The number of methoxy groups -OCH3 is 1. The maximum atomic E-state index is 12.7. The average molecular weight is 169 g/mol. The van der Waals surface area contributed by atoms with Crippen LogP contribution >= 0.6 is 0 Å². The Morgan fingerprint density at radius 2 is 2.25 bits per heavy atom. The normalized spacial score (nSPS) is 9.92. The van der Waals surface area contributed by atoms with Crippen molar-refractivity contribution in [2.24, 2.45) is 0 Å². The third-order valence-corrected chi connectivity index (χ3v) is 1.57. The van der Waals surface area contributed by atoms with Crippen molar-refractivity contribution in [3.63, 3.8) is 0 Å². The van der Waals surface area contributed by atoms with Crippen LogP contribution in [0.25, 0.3) is 0 Å². The van der Waals surface area contributed by atoms with Gasteiger partial charge in [-0.05, 0) is 18.2 Å². The zero-order chi connectivity index (χ0) is 8.97. The van der Waals surface area contributed by atoms with Crippen molar-refractivity contribution in [1.82, 2.24) is 0 Å². The lowest BCUT2D eigenvalue weighted by Gasteiger charge is -2.17. The topological polar surface area (TPSA) is 12.5 Å². The Hall–Kier alpha value is -1.09. The molecule has 1 aromatic carbocycles. The van der Waals surface area contributed by atoms with Gasteiger partial charge in [0.1, 0.15) is 12.5 Å². The minimum atomic E-state index is -0.226. The molecule has 0 spiro atoms. The van der Waals surface area contributed by atoms with E-state index in [2.05, 4.69) is 0 Å². The lowest BCUT2D eigenvalue weighted by atomic mass is 10.3. The number of rotatable bonds is 3. The average Bonchev–Trinajstić information content (AvgIpc) is 2.05. The maximum absolute atomic E-state index is 12.7.